The van der Waals surface area contributed by atoms with Gasteiger partial charge >= 0.3 is 0 Å². The second-order valence-corrected chi connectivity index (χ2v) is 12.6. The van der Waals surface area contributed by atoms with E-state index in [2.05, 4.69) is 28.8 Å². The molecule has 4 N–H and O–H groups in total. The summed E-state index contributed by atoms with van der Waals surface area (Å²) in [4.78, 5) is 27.0. The molecular formula is C35H35ClN4O4. The number of benzene rings is 3. The zero-order valence-corrected chi connectivity index (χ0v) is 25.6. The summed E-state index contributed by atoms with van der Waals surface area (Å²) in [7, 11) is 1.62. The molecule has 0 bridgehead atoms. The molecule has 0 radical (unpaired) electrons. The predicted octanol–water partition coefficient (Wildman–Crippen LogP) is 6.76. The number of amides is 2. The summed E-state index contributed by atoms with van der Waals surface area (Å²) in [6.07, 6.45) is 4.22. The first-order chi connectivity index (χ1) is 21.2. The number of furan rings is 1. The van der Waals surface area contributed by atoms with Gasteiger partial charge in [-0.25, -0.2) is 0 Å². The molecule has 1 aliphatic heterocycles. The molecule has 1 unspecified atom stereocenters. The normalized spacial score (nSPS) is 17.0. The Balaban J connectivity index is 1.33. The van der Waals surface area contributed by atoms with Crippen LogP contribution in [0.3, 0.4) is 0 Å². The molecule has 2 aromatic heterocycles. The molecule has 5 aromatic rings. The van der Waals surface area contributed by atoms with Crippen LogP contribution in [0.5, 0.6) is 5.75 Å². The van der Waals surface area contributed by atoms with Crippen LogP contribution < -0.4 is 16.2 Å². The lowest BCUT2D eigenvalue weighted by molar-refractivity contribution is 0.0708. The van der Waals surface area contributed by atoms with Crippen molar-refractivity contribution in [3.8, 4) is 28.3 Å². The largest absolute Gasteiger partial charge is 0.496 e. The summed E-state index contributed by atoms with van der Waals surface area (Å²) in [5.41, 5.74) is 18.0. The van der Waals surface area contributed by atoms with E-state index in [1.54, 1.807) is 19.2 Å². The second-order valence-electron chi connectivity index (χ2n) is 12.2. The fourth-order valence-corrected chi connectivity index (χ4v) is 6.79. The molecule has 2 aliphatic rings. The van der Waals surface area contributed by atoms with E-state index in [1.165, 1.54) is 12.8 Å². The number of methoxy groups -OCH3 is 1. The molecule has 2 amide bonds. The zero-order valence-electron chi connectivity index (χ0n) is 24.9. The monoisotopic (exact) mass is 610 g/mol. The van der Waals surface area contributed by atoms with Crippen LogP contribution in [-0.2, 0) is 6.54 Å². The highest BCUT2D eigenvalue weighted by Gasteiger charge is 2.28. The average molecular weight is 611 g/mol. The molecule has 3 heterocycles. The maximum Gasteiger partial charge on any atom is 0.254 e. The third-order valence-corrected chi connectivity index (χ3v) is 9.36. The van der Waals surface area contributed by atoms with Crippen LogP contribution >= 0.6 is 11.6 Å². The van der Waals surface area contributed by atoms with Crippen molar-refractivity contribution >= 4 is 45.3 Å². The van der Waals surface area contributed by atoms with E-state index in [4.69, 9.17) is 32.2 Å². The Hall–Kier alpha value is -4.27. The molecule has 44 heavy (non-hydrogen) atoms. The van der Waals surface area contributed by atoms with Crippen LogP contribution in [0, 0.1) is 12.8 Å². The number of piperidine rings is 1. The second kappa shape index (κ2) is 11.0. The van der Waals surface area contributed by atoms with Crippen molar-refractivity contribution in [2.24, 2.45) is 17.4 Å². The number of carbonyl (C=O) groups excluding carboxylic acids is 2. The molecule has 1 aliphatic carbocycles. The smallest absolute Gasteiger partial charge is 0.254 e. The van der Waals surface area contributed by atoms with Crippen molar-refractivity contribution in [2.45, 2.75) is 45.2 Å². The molecule has 1 atom stereocenters. The molecule has 1 saturated heterocycles. The Kier molecular flexibility index (Phi) is 7.14. The van der Waals surface area contributed by atoms with E-state index < -0.39 is 5.91 Å². The van der Waals surface area contributed by atoms with Gasteiger partial charge in [0, 0.05) is 47.7 Å². The minimum Gasteiger partial charge on any atom is -0.496 e. The fraction of sp³-hybridized carbons (Fsp3) is 0.314. The molecule has 7 rings (SSSR count). The number of halogens is 1. The van der Waals surface area contributed by atoms with Crippen molar-refractivity contribution in [3.63, 3.8) is 0 Å². The van der Waals surface area contributed by atoms with E-state index in [1.807, 2.05) is 30.0 Å². The van der Waals surface area contributed by atoms with Crippen LogP contribution in [0.1, 0.15) is 52.0 Å². The summed E-state index contributed by atoms with van der Waals surface area (Å²) in [5.74, 6) is 1.37. The number of rotatable bonds is 7. The lowest BCUT2D eigenvalue weighted by Crippen LogP contribution is -2.45. The third-order valence-electron chi connectivity index (χ3n) is 9.05. The third kappa shape index (κ3) is 5.02. The molecule has 9 heteroatoms. The van der Waals surface area contributed by atoms with Crippen LogP contribution in [0.25, 0.3) is 44.5 Å². The van der Waals surface area contributed by atoms with Crippen molar-refractivity contribution in [1.29, 1.82) is 0 Å². The van der Waals surface area contributed by atoms with E-state index >= 15 is 0 Å². The molecule has 3 aromatic carbocycles. The van der Waals surface area contributed by atoms with Crippen molar-refractivity contribution in [2.75, 3.05) is 20.2 Å². The highest BCUT2D eigenvalue weighted by Crippen LogP contribution is 2.43. The molecule has 2 fully saturated rings. The first-order valence-electron chi connectivity index (χ1n) is 15.1. The summed E-state index contributed by atoms with van der Waals surface area (Å²) in [5, 5.41) is 2.29. The van der Waals surface area contributed by atoms with Gasteiger partial charge in [-0.05, 0) is 86.1 Å². The Morgan fingerprint density at radius 2 is 1.82 bits per heavy atom. The van der Waals surface area contributed by atoms with Gasteiger partial charge in [-0.3, -0.25) is 9.59 Å². The van der Waals surface area contributed by atoms with Gasteiger partial charge in [0.05, 0.1) is 28.8 Å². The van der Waals surface area contributed by atoms with E-state index in [9.17, 15) is 9.59 Å². The van der Waals surface area contributed by atoms with E-state index in [-0.39, 0.29) is 11.9 Å². The highest BCUT2D eigenvalue weighted by molar-refractivity contribution is 6.34. The molecule has 0 spiro atoms. The SMILES string of the molecule is COc1cc(C(=O)N2CCCC(N)C2)cc2oc(-c3cc4ccc(-c5ccc(C(N)=O)c(Cl)c5)cc4n3CC3CC3)c(C)c12. The lowest BCUT2D eigenvalue weighted by atomic mass is 10.0. The van der Waals surface area contributed by atoms with Gasteiger partial charge in [-0.15, -0.1) is 0 Å². The van der Waals surface area contributed by atoms with Crippen LogP contribution in [0.2, 0.25) is 5.02 Å². The van der Waals surface area contributed by atoms with E-state index in [0.717, 1.165) is 63.8 Å². The van der Waals surface area contributed by atoms with Gasteiger partial charge in [-0.2, -0.15) is 0 Å². The number of nitrogens with zero attached hydrogens (tertiary/aromatic N) is 2. The standard InChI is InChI=1S/C35H35ClN4O4/c1-19-32-30(43-2)15-24(35(42)39-11-3-4-25(37)18-39)16-31(32)44-33(19)29-14-23-8-7-22(13-28(23)40(29)17-20-5-6-20)21-9-10-26(34(38)41)27(36)12-21/h7-10,12-16,20,25H,3-6,11,17-18,37H2,1-2H3,(H2,38,41). The minimum atomic E-state index is -0.551. The van der Waals surface area contributed by atoms with Crippen molar-refractivity contribution < 1.29 is 18.7 Å². The number of likely N-dealkylation sites (tertiary alicyclic amines) is 1. The lowest BCUT2D eigenvalue weighted by Gasteiger charge is -2.30. The first-order valence-corrected chi connectivity index (χ1v) is 15.5. The van der Waals surface area contributed by atoms with Gasteiger partial charge in [-0.1, -0.05) is 29.8 Å². The number of aromatic nitrogens is 1. The van der Waals surface area contributed by atoms with Gasteiger partial charge in [0.1, 0.15) is 11.3 Å². The topological polar surface area (TPSA) is 117 Å². The summed E-state index contributed by atoms with van der Waals surface area (Å²) in [6.45, 7) is 4.16. The summed E-state index contributed by atoms with van der Waals surface area (Å²) >= 11 is 6.39. The number of fused-ring (bicyclic) bond motifs is 2. The number of ether oxygens (including phenoxy) is 1. The zero-order chi connectivity index (χ0) is 30.7. The maximum absolute atomic E-state index is 13.5. The summed E-state index contributed by atoms with van der Waals surface area (Å²) < 4.78 is 14.8. The predicted molar refractivity (Wildman–Crippen MR) is 173 cm³/mol. The van der Waals surface area contributed by atoms with Crippen LogP contribution in [0.4, 0.5) is 0 Å². The Morgan fingerprint density at radius 3 is 2.52 bits per heavy atom. The Labute approximate surface area is 260 Å². The number of hydrogen-bond donors (Lipinski definition) is 2. The molecule has 8 nitrogen and oxygen atoms in total. The van der Waals surface area contributed by atoms with Gasteiger partial charge in [0.2, 0.25) is 5.91 Å². The Morgan fingerprint density at radius 1 is 1.05 bits per heavy atom. The van der Waals surface area contributed by atoms with Crippen LogP contribution in [-0.4, -0.2) is 47.5 Å². The highest BCUT2D eigenvalue weighted by atomic mass is 35.5. The van der Waals surface area contributed by atoms with Crippen molar-refractivity contribution in [1.82, 2.24) is 9.47 Å². The Bertz CT molecular complexity index is 1950. The van der Waals surface area contributed by atoms with Gasteiger partial charge in [0.25, 0.3) is 5.91 Å². The number of hydrogen-bond acceptors (Lipinski definition) is 5. The van der Waals surface area contributed by atoms with Crippen molar-refractivity contribution in [3.05, 3.63) is 76.3 Å². The molecule has 1 saturated carbocycles. The van der Waals surface area contributed by atoms with E-state index in [0.29, 0.717) is 46.5 Å². The molecule has 226 valence electrons. The maximum atomic E-state index is 13.5. The van der Waals surface area contributed by atoms with Gasteiger partial charge in [0.15, 0.2) is 5.76 Å². The minimum absolute atomic E-state index is 0.00354. The number of carbonyl (C=O) groups is 2. The number of primary amides is 1. The molecular weight excluding hydrogens is 576 g/mol. The average Bonchev–Trinajstić information content (AvgIpc) is 3.69. The van der Waals surface area contributed by atoms with Crippen LogP contribution in [0.15, 0.2) is 59.0 Å². The number of nitrogens with two attached hydrogens (primary N) is 2. The first kappa shape index (κ1) is 28.5. The van der Waals surface area contributed by atoms with Gasteiger partial charge < -0.3 is 30.1 Å². The summed E-state index contributed by atoms with van der Waals surface area (Å²) in [6, 6.07) is 17.5. The fourth-order valence-electron chi connectivity index (χ4n) is 6.52. The number of aryl methyl sites for hydroxylation is 1. The quantitative estimate of drug-likeness (QED) is 0.211.